The number of hydrogen-bond acceptors (Lipinski definition) is 4. The van der Waals surface area contributed by atoms with Gasteiger partial charge in [0.1, 0.15) is 23.1 Å². The number of aryl methyl sites for hydroxylation is 1. The van der Waals surface area contributed by atoms with Crippen molar-refractivity contribution in [3.63, 3.8) is 0 Å². The first-order valence-electron chi connectivity index (χ1n) is 8.96. The minimum atomic E-state index is -0.595. The van der Waals surface area contributed by atoms with E-state index in [4.69, 9.17) is 10.5 Å². The number of amides is 1. The lowest BCUT2D eigenvalue weighted by Crippen LogP contribution is -2.28. The third kappa shape index (κ3) is 6.19. The van der Waals surface area contributed by atoms with Crippen molar-refractivity contribution in [2.45, 2.75) is 13.0 Å². The molecule has 162 valence electrons. The van der Waals surface area contributed by atoms with Crippen molar-refractivity contribution in [1.82, 2.24) is 14.5 Å². The van der Waals surface area contributed by atoms with Crippen LogP contribution in [-0.4, -0.2) is 34.0 Å². The Hall–Kier alpha value is -2.61. The Kier molecular flexibility index (Phi) is 9.78. The zero-order chi connectivity index (χ0) is 20.1. The van der Waals surface area contributed by atoms with E-state index >= 15 is 0 Å². The SMILES string of the molecule is CN(Cc1nccn1C)C(=O)c1cc(Oc2ccc(CCN)cc2)ccc1F.Cl.Cl. The number of aromatic nitrogens is 2. The minimum Gasteiger partial charge on any atom is -0.457 e. The van der Waals surface area contributed by atoms with Gasteiger partial charge in [0.2, 0.25) is 0 Å². The second-order valence-electron chi connectivity index (χ2n) is 6.54. The minimum absolute atomic E-state index is 0. The maximum atomic E-state index is 14.3. The van der Waals surface area contributed by atoms with Gasteiger partial charge in [0.05, 0.1) is 12.1 Å². The molecule has 0 fully saturated rings. The predicted octanol–water partition coefficient (Wildman–Crippen LogP) is 3.97. The zero-order valence-electron chi connectivity index (χ0n) is 16.7. The average Bonchev–Trinajstić information content (AvgIpc) is 3.09. The molecule has 6 nitrogen and oxygen atoms in total. The molecule has 0 saturated heterocycles. The molecule has 3 rings (SSSR count). The van der Waals surface area contributed by atoms with Crippen LogP contribution in [0.3, 0.4) is 0 Å². The number of carbonyl (C=O) groups excluding carboxylic acids is 1. The van der Waals surface area contributed by atoms with Gasteiger partial charge in [-0.25, -0.2) is 9.37 Å². The molecule has 2 aromatic carbocycles. The van der Waals surface area contributed by atoms with Crippen LogP contribution in [-0.2, 0) is 20.0 Å². The molecular weight excluding hydrogens is 430 g/mol. The van der Waals surface area contributed by atoms with E-state index in [1.54, 1.807) is 19.4 Å². The van der Waals surface area contributed by atoms with E-state index in [9.17, 15) is 9.18 Å². The molecule has 0 bridgehead atoms. The second-order valence-corrected chi connectivity index (χ2v) is 6.54. The Morgan fingerprint density at radius 1 is 1.17 bits per heavy atom. The largest absolute Gasteiger partial charge is 0.457 e. The van der Waals surface area contributed by atoms with Crippen molar-refractivity contribution in [3.8, 4) is 11.5 Å². The van der Waals surface area contributed by atoms with Crippen LogP contribution in [0, 0.1) is 5.82 Å². The van der Waals surface area contributed by atoms with Crippen LogP contribution in [0.4, 0.5) is 4.39 Å². The van der Waals surface area contributed by atoms with E-state index < -0.39 is 11.7 Å². The number of nitrogens with zero attached hydrogens (tertiary/aromatic N) is 3. The number of hydrogen-bond donors (Lipinski definition) is 1. The molecule has 0 radical (unpaired) electrons. The highest BCUT2D eigenvalue weighted by molar-refractivity contribution is 5.94. The van der Waals surface area contributed by atoms with E-state index in [1.165, 1.54) is 23.1 Å². The topological polar surface area (TPSA) is 73.4 Å². The Labute approximate surface area is 187 Å². The maximum absolute atomic E-state index is 14.3. The van der Waals surface area contributed by atoms with Crippen LogP contribution < -0.4 is 10.5 Å². The van der Waals surface area contributed by atoms with Crippen LogP contribution in [0.25, 0.3) is 0 Å². The summed E-state index contributed by atoms with van der Waals surface area (Å²) in [7, 11) is 3.45. The van der Waals surface area contributed by atoms with Gasteiger partial charge in [0.25, 0.3) is 5.91 Å². The summed E-state index contributed by atoms with van der Waals surface area (Å²) in [5.41, 5.74) is 6.61. The van der Waals surface area contributed by atoms with Gasteiger partial charge in [-0.1, -0.05) is 12.1 Å². The Bertz CT molecular complexity index is 964. The number of halogens is 3. The van der Waals surface area contributed by atoms with Crippen molar-refractivity contribution >= 4 is 30.7 Å². The Morgan fingerprint density at radius 3 is 2.43 bits per heavy atom. The predicted molar refractivity (Wildman–Crippen MR) is 119 cm³/mol. The zero-order valence-corrected chi connectivity index (χ0v) is 18.4. The molecule has 0 aliphatic carbocycles. The smallest absolute Gasteiger partial charge is 0.257 e. The number of carbonyl (C=O) groups is 1. The Balaban J connectivity index is 0.00000225. The molecule has 0 aliphatic rings. The molecule has 0 saturated carbocycles. The van der Waals surface area contributed by atoms with Crippen molar-refractivity contribution < 1.29 is 13.9 Å². The van der Waals surface area contributed by atoms with E-state index in [-0.39, 0.29) is 36.9 Å². The summed E-state index contributed by atoms with van der Waals surface area (Å²) in [6.07, 6.45) is 4.24. The first-order chi connectivity index (χ1) is 13.5. The van der Waals surface area contributed by atoms with Crippen LogP contribution in [0.5, 0.6) is 11.5 Å². The molecule has 3 aromatic rings. The number of benzene rings is 2. The number of rotatable bonds is 7. The maximum Gasteiger partial charge on any atom is 0.257 e. The molecule has 0 spiro atoms. The highest BCUT2D eigenvalue weighted by Crippen LogP contribution is 2.25. The molecule has 30 heavy (non-hydrogen) atoms. The van der Waals surface area contributed by atoms with E-state index in [2.05, 4.69) is 4.98 Å². The van der Waals surface area contributed by atoms with E-state index in [0.717, 1.165) is 12.0 Å². The fourth-order valence-corrected chi connectivity index (χ4v) is 2.80. The summed E-state index contributed by atoms with van der Waals surface area (Å²) >= 11 is 0. The van der Waals surface area contributed by atoms with E-state index in [0.29, 0.717) is 23.9 Å². The third-order valence-corrected chi connectivity index (χ3v) is 4.41. The van der Waals surface area contributed by atoms with Crippen molar-refractivity contribution in [3.05, 3.63) is 77.6 Å². The number of nitrogens with two attached hydrogens (primary N) is 1. The van der Waals surface area contributed by atoms with Crippen LogP contribution in [0.1, 0.15) is 21.7 Å². The molecule has 2 N–H and O–H groups in total. The van der Waals surface area contributed by atoms with Crippen LogP contribution in [0.15, 0.2) is 54.9 Å². The highest BCUT2D eigenvalue weighted by Gasteiger charge is 2.19. The molecule has 1 aromatic heterocycles. The fraction of sp³-hybridized carbons (Fsp3) is 0.238. The number of imidazole rings is 1. The molecule has 0 atom stereocenters. The van der Waals surface area contributed by atoms with Gasteiger partial charge in [-0.15, -0.1) is 24.8 Å². The quantitative estimate of drug-likeness (QED) is 0.585. The van der Waals surface area contributed by atoms with Gasteiger partial charge in [-0.3, -0.25) is 4.79 Å². The van der Waals surface area contributed by atoms with Crippen LogP contribution >= 0.6 is 24.8 Å². The Morgan fingerprint density at radius 2 is 1.83 bits per heavy atom. The van der Waals surface area contributed by atoms with Gasteiger partial charge < -0.3 is 19.9 Å². The second kappa shape index (κ2) is 11.5. The normalized spacial score (nSPS) is 10.0. The van der Waals surface area contributed by atoms with Gasteiger partial charge in [-0.05, 0) is 48.9 Å². The summed E-state index contributed by atoms with van der Waals surface area (Å²) in [5.74, 6) is 0.668. The van der Waals surface area contributed by atoms with Crippen LogP contribution in [0.2, 0.25) is 0 Å². The summed E-state index contributed by atoms with van der Waals surface area (Å²) < 4.78 is 21.9. The number of ether oxygens (including phenoxy) is 1. The lowest BCUT2D eigenvalue weighted by Gasteiger charge is -2.18. The molecule has 1 heterocycles. The monoisotopic (exact) mass is 454 g/mol. The van der Waals surface area contributed by atoms with Gasteiger partial charge in [0, 0.05) is 26.5 Å². The van der Waals surface area contributed by atoms with Gasteiger partial charge in [-0.2, -0.15) is 0 Å². The van der Waals surface area contributed by atoms with Gasteiger partial charge in [0.15, 0.2) is 0 Å². The van der Waals surface area contributed by atoms with E-state index in [1.807, 2.05) is 35.9 Å². The summed E-state index contributed by atoms with van der Waals surface area (Å²) in [4.78, 5) is 18.3. The lowest BCUT2D eigenvalue weighted by atomic mass is 10.1. The fourth-order valence-electron chi connectivity index (χ4n) is 2.80. The summed E-state index contributed by atoms with van der Waals surface area (Å²) in [6, 6.07) is 11.7. The van der Waals surface area contributed by atoms with Crippen molar-refractivity contribution in [1.29, 1.82) is 0 Å². The molecule has 0 unspecified atom stereocenters. The lowest BCUT2D eigenvalue weighted by molar-refractivity contribution is 0.0775. The van der Waals surface area contributed by atoms with Crippen molar-refractivity contribution in [2.75, 3.05) is 13.6 Å². The molecular formula is C21H25Cl2FN4O2. The summed E-state index contributed by atoms with van der Waals surface area (Å²) in [6.45, 7) is 0.852. The standard InChI is InChI=1S/C21H23FN4O2.2ClH/c1-25-12-11-24-20(25)14-26(2)21(27)18-13-17(7-8-19(18)22)28-16-5-3-15(4-6-16)9-10-23;;/h3-8,11-13H,9-10,14,23H2,1-2H3;2*1H. The first kappa shape index (κ1) is 25.4. The molecule has 1 amide bonds. The summed E-state index contributed by atoms with van der Waals surface area (Å²) in [5, 5.41) is 0. The third-order valence-electron chi connectivity index (χ3n) is 4.41. The van der Waals surface area contributed by atoms with Crippen molar-refractivity contribution in [2.24, 2.45) is 12.8 Å². The first-order valence-corrected chi connectivity index (χ1v) is 8.96. The molecule has 9 heteroatoms. The van der Waals surface area contributed by atoms with Gasteiger partial charge >= 0.3 is 0 Å². The average molecular weight is 455 g/mol. The molecule has 0 aliphatic heterocycles. The highest BCUT2D eigenvalue weighted by atomic mass is 35.5.